The van der Waals surface area contributed by atoms with Crippen LogP contribution in [-0.2, 0) is 0 Å². The van der Waals surface area contributed by atoms with E-state index in [4.69, 9.17) is 0 Å². The van der Waals surface area contributed by atoms with Crippen LogP contribution in [0.1, 0.15) is 10.4 Å². The van der Waals surface area contributed by atoms with Crippen molar-refractivity contribution in [2.45, 2.75) is 0 Å². The van der Waals surface area contributed by atoms with Crippen molar-refractivity contribution in [2.75, 3.05) is 5.32 Å². The van der Waals surface area contributed by atoms with Gasteiger partial charge in [0.2, 0.25) is 5.95 Å². The Morgan fingerprint density at radius 3 is 2.48 bits per heavy atom. The Balaban J connectivity index is 1.76. The molecule has 0 fully saturated rings. The first kappa shape index (κ1) is 13.0. The summed E-state index contributed by atoms with van der Waals surface area (Å²) in [6.45, 7) is 0. The number of halogens is 1. The summed E-state index contributed by atoms with van der Waals surface area (Å²) in [6, 6.07) is 14.6. The van der Waals surface area contributed by atoms with Crippen LogP contribution < -0.4 is 5.32 Å². The molecule has 1 heterocycles. The van der Waals surface area contributed by atoms with E-state index in [0.717, 1.165) is 0 Å². The molecule has 0 saturated heterocycles. The van der Waals surface area contributed by atoms with Gasteiger partial charge in [-0.3, -0.25) is 10.1 Å². The molecule has 0 spiro atoms. The number of anilines is 1. The van der Waals surface area contributed by atoms with Crippen molar-refractivity contribution in [1.82, 2.24) is 14.8 Å². The maximum atomic E-state index is 12.9. The average Bonchev–Trinajstić information content (AvgIpc) is 2.97. The Morgan fingerprint density at radius 1 is 1.05 bits per heavy atom. The first-order chi connectivity index (χ1) is 10.2. The molecule has 0 saturated carbocycles. The number of amides is 1. The van der Waals surface area contributed by atoms with Crippen LogP contribution >= 0.6 is 0 Å². The summed E-state index contributed by atoms with van der Waals surface area (Å²) in [5.41, 5.74) is 1.18. The van der Waals surface area contributed by atoms with Crippen LogP contribution in [0.25, 0.3) is 5.69 Å². The van der Waals surface area contributed by atoms with Crippen LogP contribution in [0.15, 0.2) is 60.9 Å². The van der Waals surface area contributed by atoms with Crippen molar-refractivity contribution in [3.63, 3.8) is 0 Å². The molecule has 1 aromatic heterocycles. The van der Waals surface area contributed by atoms with Gasteiger partial charge in [0.15, 0.2) is 0 Å². The summed E-state index contributed by atoms with van der Waals surface area (Å²) in [5.74, 6) is -0.419. The standard InChI is InChI=1S/C15H11FN4O/c16-12-6-8-13(9-7-12)20-10-17-15(19-20)18-14(21)11-4-2-1-3-5-11/h1-10H,(H,18,19,21). The van der Waals surface area contributed by atoms with Gasteiger partial charge in [0.1, 0.15) is 12.1 Å². The fraction of sp³-hybridized carbons (Fsp3) is 0. The number of carbonyl (C=O) groups is 1. The highest BCUT2D eigenvalue weighted by Gasteiger charge is 2.09. The fourth-order valence-electron chi connectivity index (χ4n) is 1.80. The summed E-state index contributed by atoms with van der Waals surface area (Å²) in [7, 11) is 0. The van der Waals surface area contributed by atoms with Crippen molar-refractivity contribution in [3.8, 4) is 5.69 Å². The zero-order valence-electron chi connectivity index (χ0n) is 10.9. The lowest BCUT2D eigenvalue weighted by atomic mass is 10.2. The van der Waals surface area contributed by atoms with Gasteiger partial charge in [-0.1, -0.05) is 18.2 Å². The van der Waals surface area contributed by atoms with Gasteiger partial charge in [0.05, 0.1) is 5.69 Å². The largest absolute Gasteiger partial charge is 0.289 e. The Bertz CT molecular complexity index is 753. The first-order valence-corrected chi connectivity index (χ1v) is 6.26. The van der Waals surface area contributed by atoms with Crippen LogP contribution in [0.2, 0.25) is 0 Å². The smallest absolute Gasteiger partial charge is 0.258 e. The zero-order valence-corrected chi connectivity index (χ0v) is 10.9. The fourth-order valence-corrected chi connectivity index (χ4v) is 1.80. The van der Waals surface area contributed by atoms with E-state index in [9.17, 15) is 9.18 Å². The Kier molecular flexibility index (Phi) is 3.42. The summed E-state index contributed by atoms with van der Waals surface area (Å²) in [4.78, 5) is 16.0. The predicted molar refractivity (Wildman–Crippen MR) is 75.7 cm³/mol. The second-order valence-corrected chi connectivity index (χ2v) is 4.31. The molecular formula is C15H11FN4O. The van der Waals surface area contributed by atoms with Gasteiger partial charge in [-0.2, -0.15) is 4.98 Å². The molecule has 0 atom stereocenters. The van der Waals surface area contributed by atoms with E-state index in [-0.39, 0.29) is 17.7 Å². The normalized spacial score (nSPS) is 10.3. The number of carbonyl (C=O) groups excluding carboxylic acids is 1. The molecule has 6 heteroatoms. The number of nitrogens with zero attached hydrogens (tertiary/aromatic N) is 3. The highest BCUT2D eigenvalue weighted by atomic mass is 19.1. The number of rotatable bonds is 3. The van der Waals surface area contributed by atoms with Gasteiger partial charge in [-0.15, -0.1) is 5.10 Å². The summed E-state index contributed by atoms with van der Waals surface area (Å²) in [6.07, 6.45) is 1.45. The van der Waals surface area contributed by atoms with Crippen molar-refractivity contribution < 1.29 is 9.18 Å². The van der Waals surface area contributed by atoms with E-state index in [1.807, 2.05) is 6.07 Å². The minimum atomic E-state index is -0.323. The van der Waals surface area contributed by atoms with E-state index in [2.05, 4.69) is 15.4 Å². The van der Waals surface area contributed by atoms with E-state index in [1.54, 1.807) is 36.4 Å². The van der Waals surface area contributed by atoms with Gasteiger partial charge >= 0.3 is 0 Å². The summed E-state index contributed by atoms with van der Waals surface area (Å²) in [5, 5.41) is 6.73. The molecule has 3 rings (SSSR count). The van der Waals surface area contributed by atoms with Crippen LogP contribution in [-0.4, -0.2) is 20.7 Å². The SMILES string of the molecule is O=C(Nc1ncn(-c2ccc(F)cc2)n1)c1ccccc1. The quantitative estimate of drug-likeness (QED) is 0.803. The Labute approximate surface area is 120 Å². The molecule has 2 aromatic carbocycles. The van der Waals surface area contributed by atoms with Crippen LogP contribution in [0.4, 0.5) is 10.3 Å². The molecule has 0 aliphatic rings. The second-order valence-electron chi connectivity index (χ2n) is 4.31. The van der Waals surface area contributed by atoms with E-state index >= 15 is 0 Å². The molecule has 0 radical (unpaired) electrons. The van der Waals surface area contributed by atoms with Crippen molar-refractivity contribution >= 4 is 11.9 Å². The van der Waals surface area contributed by atoms with Crippen LogP contribution in [0, 0.1) is 5.82 Å². The number of nitrogens with one attached hydrogen (secondary N) is 1. The lowest BCUT2D eigenvalue weighted by Crippen LogP contribution is -2.13. The van der Waals surface area contributed by atoms with Crippen molar-refractivity contribution in [3.05, 3.63) is 72.3 Å². The minimum absolute atomic E-state index is 0.188. The minimum Gasteiger partial charge on any atom is -0.289 e. The van der Waals surface area contributed by atoms with E-state index in [0.29, 0.717) is 11.3 Å². The third-order valence-corrected chi connectivity index (χ3v) is 2.84. The van der Waals surface area contributed by atoms with Crippen LogP contribution in [0.5, 0.6) is 0 Å². The lowest BCUT2D eigenvalue weighted by molar-refractivity contribution is 0.102. The predicted octanol–water partition coefficient (Wildman–Crippen LogP) is 2.66. The zero-order chi connectivity index (χ0) is 14.7. The summed E-state index contributed by atoms with van der Waals surface area (Å²) >= 11 is 0. The maximum absolute atomic E-state index is 12.9. The number of aromatic nitrogens is 3. The van der Waals surface area contributed by atoms with Gasteiger partial charge in [0.25, 0.3) is 5.91 Å². The molecule has 1 N–H and O–H groups in total. The molecule has 0 aliphatic heterocycles. The third-order valence-electron chi connectivity index (χ3n) is 2.84. The second kappa shape index (κ2) is 5.54. The number of hydrogen-bond acceptors (Lipinski definition) is 3. The molecule has 0 unspecified atom stereocenters. The molecule has 1 amide bonds. The van der Waals surface area contributed by atoms with Crippen molar-refractivity contribution in [2.24, 2.45) is 0 Å². The van der Waals surface area contributed by atoms with Gasteiger partial charge < -0.3 is 0 Å². The molecule has 5 nitrogen and oxygen atoms in total. The molecular weight excluding hydrogens is 271 g/mol. The molecule has 0 aliphatic carbocycles. The monoisotopic (exact) mass is 282 g/mol. The highest BCUT2D eigenvalue weighted by Crippen LogP contribution is 2.10. The van der Waals surface area contributed by atoms with Gasteiger partial charge in [-0.25, -0.2) is 9.07 Å². The number of benzene rings is 2. The number of hydrogen-bond donors (Lipinski definition) is 1. The van der Waals surface area contributed by atoms with Gasteiger partial charge in [-0.05, 0) is 36.4 Å². The highest BCUT2D eigenvalue weighted by molar-refractivity contribution is 6.03. The average molecular weight is 282 g/mol. The molecule has 3 aromatic rings. The Morgan fingerprint density at radius 2 is 1.76 bits per heavy atom. The third kappa shape index (κ3) is 2.94. The Hall–Kier alpha value is -3.02. The van der Waals surface area contributed by atoms with Crippen LogP contribution in [0.3, 0.4) is 0 Å². The summed E-state index contributed by atoms with van der Waals surface area (Å²) < 4.78 is 14.3. The maximum Gasteiger partial charge on any atom is 0.258 e. The van der Waals surface area contributed by atoms with Gasteiger partial charge in [0, 0.05) is 5.56 Å². The molecule has 104 valence electrons. The van der Waals surface area contributed by atoms with Crippen molar-refractivity contribution in [1.29, 1.82) is 0 Å². The topological polar surface area (TPSA) is 59.8 Å². The first-order valence-electron chi connectivity index (χ1n) is 6.26. The molecule has 21 heavy (non-hydrogen) atoms. The van der Waals surface area contributed by atoms with E-state index in [1.165, 1.54) is 23.1 Å². The van der Waals surface area contributed by atoms with E-state index < -0.39 is 0 Å². The molecule has 0 bridgehead atoms. The lowest BCUT2D eigenvalue weighted by Gasteiger charge is -2.01.